The Kier molecular flexibility index (Phi) is 7.07. The highest BCUT2D eigenvalue weighted by Gasteiger charge is 2.22. The summed E-state index contributed by atoms with van der Waals surface area (Å²) in [6.45, 7) is 1.44. The van der Waals surface area contributed by atoms with Crippen LogP contribution in [0.2, 0.25) is 0 Å². The predicted octanol–water partition coefficient (Wildman–Crippen LogP) is 3.67. The molecule has 0 fully saturated rings. The number of hydrogen-bond acceptors (Lipinski definition) is 8. The van der Waals surface area contributed by atoms with E-state index in [1.165, 1.54) is 19.3 Å². The number of aromatic nitrogens is 2. The van der Waals surface area contributed by atoms with E-state index in [2.05, 4.69) is 14.7 Å². The lowest BCUT2D eigenvalue weighted by molar-refractivity contribution is 0.110. The number of ether oxygens (including phenoxy) is 1. The van der Waals surface area contributed by atoms with Gasteiger partial charge in [0.15, 0.2) is 29.4 Å². The summed E-state index contributed by atoms with van der Waals surface area (Å²) in [6.07, 6.45) is 4.53. The van der Waals surface area contributed by atoms with Crippen LogP contribution < -0.4 is 9.46 Å². The van der Waals surface area contributed by atoms with Gasteiger partial charge < -0.3 is 14.1 Å². The van der Waals surface area contributed by atoms with Crippen LogP contribution in [0.25, 0.3) is 5.57 Å². The van der Waals surface area contributed by atoms with Crippen LogP contribution in [0.15, 0.2) is 47.3 Å². The first-order valence-electron chi connectivity index (χ1n) is 9.55. The molecule has 0 amide bonds. The smallest absolute Gasteiger partial charge is 0.237 e. The highest BCUT2D eigenvalue weighted by molar-refractivity contribution is 7.92. The average Bonchev–Trinajstić information content (AvgIpc) is 3.23. The van der Waals surface area contributed by atoms with Gasteiger partial charge in [0.25, 0.3) is 0 Å². The van der Waals surface area contributed by atoms with E-state index in [-0.39, 0.29) is 34.7 Å². The average molecular weight is 478 g/mol. The number of anilines is 1. The van der Waals surface area contributed by atoms with Crippen LogP contribution in [-0.2, 0) is 10.0 Å². The zero-order valence-corrected chi connectivity index (χ0v) is 18.7. The summed E-state index contributed by atoms with van der Waals surface area (Å²) < 4.78 is 64.6. The minimum absolute atomic E-state index is 0.0173. The van der Waals surface area contributed by atoms with Gasteiger partial charge in [-0.1, -0.05) is 0 Å². The molecule has 1 aromatic carbocycles. The van der Waals surface area contributed by atoms with Crippen molar-refractivity contribution in [1.29, 1.82) is 0 Å². The number of sulfonamides is 1. The number of rotatable bonds is 9. The number of furan rings is 1. The first-order valence-corrected chi connectivity index (χ1v) is 11.2. The molecule has 0 saturated carbocycles. The second kappa shape index (κ2) is 9.77. The normalized spacial score (nSPS) is 11.8. The molecule has 0 radical (unpaired) electrons. The van der Waals surface area contributed by atoms with Crippen molar-refractivity contribution in [3.05, 3.63) is 71.6 Å². The molecule has 174 valence electrons. The molecule has 1 N–H and O–H groups in total. The van der Waals surface area contributed by atoms with Crippen molar-refractivity contribution in [2.24, 2.45) is 0 Å². The molecule has 0 atom stereocenters. The monoisotopic (exact) mass is 478 g/mol. The Labute approximate surface area is 188 Å². The van der Waals surface area contributed by atoms with E-state index in [0.717, 1.165) is 18.3 Å². The summed E-state index contributed by atoms with van der Waals surface area (Å²) >= 11 is 0. The Hall–Kier alpha value is -3.80. The van der Waals surface area contributed by atoms with Gasteiger partial charge in [0.05, 0.1) is 18.2 Å². The van der Waals surface area contributed by atoms with E-state index >= 15 is 0 Å². The summed E-state index contributed by atoms with van der Waals surface area (Å²) in [5.74, 6) is -2.64. The molecule has 0 aliphatic heterocycles. The predicted molar refractivity (Wildman–Crippen MR) is 116 cm³/mol. The molecule has 12 heteroatoms. The van der Waals surface area contributed by atoms with Crippen LogP contribution in [0.1, 0.15) is 28.7 Å². The Morgan fingerprint density at radius 2 is 2.00 bits per heavy atom. The molecule has 0 saturated heterocycles. The third kappa shape index (κ3) is 5.71. The minimum Gasteiger partial charge on any atom is -0.461 e. The van der Waals surface area contributed by atoms with E-state index in [1.54, 1.807) is 25.2 Å². The lowest BCUT2D eigenvalue weighted by atomic mass is 10.0. The highest BCUT2D eigenvalue weighted by Crippen LogP contribution is 2.35. The lowest BCUT2D eigenvalue weighted by Crippen LogP contribution is -2.17. The number of carbonyl (C=O) groups is 1. The Balaban J connectivity index is 2.21. The van der Waals surface area contributed by atoms with Gasteiger partial charge in [0.2, 0.25) is 16.0 Å². The third-order valence-electron chi connectivity index (χ3n) is 4.23. The van der Waals surface area contributed by atoms with Crippen molar-refractivity contribution in [2.45, 2.75) is 6.92 Å². The Morgan fingerprint density at radius 3 is 2.64 bits per heavy atom. The summed E-state index contributed by atoms with van der Waals surface area (Å²) in [7, 11) is -0.288. The maximum Gasteiger partial charge on any atom is 0.237 e. The molecule has 2 aromatic heterocycles. The van der Waals surface area contributed by atoms with Crippen molar-refractivity contribution in [3.63, 3.8) is 0 Å². The molecule has 33 heavy (non-hydrogen) atoms. The summed E-state index contributed by atoms with van der Waals surface area (Å²) in [6, 6.07) is 4.27. The molecule has 3 rings (SSSR count). The van der Waals surface area contributed by atoms with Gasteiger partial charge in [0.1, 0.15) is 11.5 Å². The van der Waals surface area contributed by atoms with Crippen LogP contribution in [0.3, 0.4) is 0 Å². The van der Waals surface area contributed by atoms with E-state index < -0.39 is 21.7 Å². The molecule has 9 nitrogen and oxygen atoms in total. The van der Waals surface area contributed by atoms with Gasteiger partial charge in [-0.25, -0.2) is 27.2 Å². The lowest BCUT2D eigenvalue weighted by Gasteiger charge is -2.16. The molecule has 0 aliphatic rings. The molecule has 2 heterocycles. The van der Waals surface area contributed by atoms with Gasteiger partial charge in [-0.05, 0) is 25.1 Å². The maximum atomic E-state index is 14.2. The van der Waals surface area contributed by atoms with E-state index in [4.69, 9.17) is 9.15 Å². The maximum absolute atomic E-state index is 14.2. The first-order chi connectivity index (χ1) is 15.6. The van der Waals surface area contributed by atoms with Crippen molar-refractivity contribution >= 4 is 27.8 Å². The van der Waals surface area contributed by atoms with Crippen LogP contribution >= 0.6 is 0 Å². The van der Waals surface area contributed by atoms with Gasteiger partial charge in [-0.2, -0.15) is 0 Å². The minimum atomic E-state index is -3.71. The Bertz CT molecular complexity index is 1310. The summed E-state index contributed by atoms with van der Waals surface area (Å²) in [5.41, 5.74) is 0.652. The first kappa shape index (κ1) is 23.9. The molecular formula is C21H20F2N4O5S. The summed E-state index contributed by atoms with van der Waals surface area (Å²) in [5, 5.41) is 0. The van der Waals surface area contributed by atoms with Crippen molar-refractivity contribution in [2.75, 3.05) is 24.6 Å². The molecular weight excluding hydrogens is 458 g/mol. The van der Waals surface area contributed by atoms with E-state index in [0.29, 0.717) is 23.5 Å². The van der Waals surface area contributed by atoms with Gasteiger partial charge in [0, 0.05) is 37.5 Å². The van der Waals surface area contributed by atoms with Crippen molar-refractivity contribution in [1.82, 2.24) is 14.9 Å². The number of nitrogens with one attached hydrogen (secondary N) is 1. The zero-order chi connectivity index (χ0) is 24.2. The number of hydrogen-bond donors (Lipinski definition) is 1. The van der Waals surface area contributed by atoms with Crippen LogP contribution in [0.4, 0.5) is 14.7 Å². The number of halogens is 2. The van der Waals surface area contributed by atoms with Crippen molar-refractivity contribution in [3.8, 4) is 11.5 Å². The van der Waals surface area contributed by atoms with E-state index in [1.807, 2.05) is 0 Å². The number of benzene rings is 1. The molecule has 0 unspecified atom stereocenters. The fourth-order valence-electron chi connectivity index (χ4n) is 2.73. The number of carbonyl (C=O) groups excluding carboxylic acids is 1. The number of nitrogens with zero attached hydrogens (tertiary/aromatic N) is 3. The van der Waals surface area contributed by atoms with Crippen LogP contribution in [-0.4, -0.2) is 49.4 Å². The fraction of sp³-hybridized carbons (Fsp3) is 0.190. The largest absolute Gasteiger partial charge is 0.461 e. The van der Waals surface area contributed by atoms with E-state index in [9.17, 15) is 22.0 Å². The molecule has 0 aliphatic carbocycles. The SMILES string of the molecule is CCS(=O)(=O)Nc1ncc(Oc2ccc(F)cc2F)c(/C(=C/N(C)C)c2ccoc2C=O)n1. The van der Waals surface area contributed by atoms with Crippen LogP contribution in [0, 0.1) is 11.6 Å². The molecule has 0 spiro atoms. The second-order valence-corrected chi connectivity index (χ2v) is 8.92. The third-order valence-corrected chi connectivity index (χ3v) is 5.48. The summed E-state index contributed by atoms with van der Waals surface area (Å²) in [4.78, 5) is 21.3. The van der Waals surface area contributed by atoms with Gasteiger partial charge in [-0.15, -0.1) is 0 Å². The van der Waals surface area contributed by atoms with Crippen molar-refractivity contribution < 1.29 is 31.1 Å². The standard InChI is InChI=1S/C21H20F2N4O5S/c1-4-33(29,30)26-21-24-10-18(32-17-6-5-13(22)9-16(17)23)20(25-21)15(11-27(2)3)14-7-8-31-19(14)12-28/h5-12H,4H2,1-3H3,(H,24,25,26)/b15-11+. The molecule has 0 bridgehead atoms. The second-order valence-electron chi connectivity index (χ2n) is 6.91. The Morgan fingerprint density at radius 1 is 1.24 bits per heavy atom. The number of aldehydes is 1. The van der Waals surface area contributed by atoms with Crippen LogP contribution in [0.5, 0.6) is 11.5 Å². The quantitative estimate of drug-likeness (QED) is 0.464. The fourth-order valence-corrected chi connectivity index (χ4v) is 3.25. The van der Waals surface area contributed by atoms with Gasteiger partial charge >= 0.3 is 0 Å². The highest BCUT2D eigenvalue weighted by atomic mass is 32.2. The zero-order valence-electron chi connectivity index (χ0n) is 17.9. The molecule has 3 aromatic rings. The van der Waals surface area contributed by atoms with Gasteiger partial charge in [-0.3, -0.25) is 9.52 Å². The topological polar surface area (TPSA) is 115 Å².